The van der Waals surface area contributed by atoms with E-state index in [1.807, 2.05) is 0 Å². The summed E-state index contributed by atoms with van der Waals surface area (Å²) in [5.41, 5.74) is 0.401. The highest BCUT2D eigenvalue weighted by Gasteiger charge is 2.12. The third-order valence-corrected chi connectivity index (χ3v) is 2.28. The van der Waals surface area contributed by atoms with Gasteiger partial charge in [-0.25, -0.2) is 4.98 Å². The highest BCUT2D eigenvalue weighted by molar-refractivity contribution is 5.30. The van der Waals surface area contributed by atoms with Crippen molar-refractivity contribution < 1.29 is 0 Å². The molecule has 1 N–H and O–H groups in total. The lowest BCUT2D eigenvalue weighted by Gasteiger charge is -2.21. The minimum absolute atomic E-state index is 0.401. The Labute approximate surface area is 92.3 Å². The van der Waals surface area contributed by atoms with Gasteiger partial charge in [-0.15, -0.1) is 0 Å². The molecular formula is C12H21N3. The average molecular weight is 207 g/mol. The van der Waals surface area contributed by atoms with Crippen LogP contribution in [0.1, 0.15) is 40.5 Å². The minimum Gasteiger partial charge on any atom is -0.366 e. The molecule has 84 valence electrons. The van der Waals surface area contributed by atoms with Crippen LogP contribution in [-0.2, 0) is 0 Å². The van der Waals surface area contributed by atoms with E-state index in [1.165, 1.54) is 6.42 Å². The van der Waals surface area contributed by atoms with E-state index in [0.29, 0.717) is 11.5 Å². The van der Waals surface area contributed by atoms with Crippen molar-refractivity contribution in [2.75, 3.05) is 5.32 Å². The third-order valence-electron chi connectivity index (χ3n) is 2.28. The molecule has 0 fully saturated rings. The van der Waals surface area contributed by atoms with Crippen molar-refractivity contribution in [2.45, 2.75) is 46.6 Å². The molecular weight excluding hydrogens is 186 g/mol. The van der Waals surface area contributed by atoms with E-state index >= 15 is 0 Å². The first-order valence-corrected chi connectivity index (χ1v) is 5.50. The first-order valence-electron chi connectivity index (χ1n) is 5.50. The van der Waals surface area contributed by atoms with Crippen molar-refractivity contribution in [1.29, 1.82) is 0 Å². The van der Waals surface area contributed by atoms with E-state index in [-0.39, 0.29) is 0 Å². The highest BCUT2D eigenvalue weighted by Crippen LogP contribution is 2.22. The maximum Gasteiger partial charge on any atom is 0.144 e. The van der Waals surface area contributed by atoms with Crippen LogP contribution in [0, 0.1) is 5.41 Å². The van der Waals surface area contributed by atoms with Gasteiger partial charge in [0.2, 0.25) is 0 Å². The fourth-order valence-electron chi connectivity index (χ4n) is 1.35. The van der Waals surface area contributed by atoms with Crippen LogP contribution in [0.5, 0.6) is 0 Å². The molecule has 0 aliphatic carbocycles. The Balaban J connectivity index is 2.34. The molecule has 0 radical (unpaired) electrons. The first-order chi connectivity index (χ1) is 6.97. The van der Waals surface area contributed by atoms with Crippen LogP contribution in [-0.4, -0.2) is 16.0 Å². The molecule has 1 heterocycles. The van der Waals surface area contributed by atoms with Gasteiger partial charge in [0.25, 0.3) is 0 Å². The van der Waals surface area contributed by atoms with E-state index < -0.39 is 0 Å². The van der Waals surface area contributed by atoms with E-state index in [1.54, 1.807) is 18.6 Å². The molecule has 1 unspecified atom stereocenters. The summed E-state index contributed by atoms with van der Waals surface area (Å²) in [4.78, 5) is 8.21. The highest BCUT2D eigenvalue weighted by atomic mass is 15.0. The maximum absolute atomic E-state index is 4.19. The number of hydrogen-bond acceptors (Lipinski definition) is 3. The second kappa shape index (κ2) is 5.10. The van der Waals surface area contributed by atoms with E-state index in [9.17, 15) is 0 Å². The summed E-state index contributed by atoms with van der Waals surface area (Å²) in [6, 6.07) is 0.445. The van der Waals surface area contributed by atoms with E-state index in [0.717, 1.165) is 12.2 Å². The molecule has 0 spiro atoms. The summed E-state index contributed by atoms with van der Waals surface area (Å²) < 4.78 is 0. The van der Waals surface area contributed by atoms with Crippen LogP contribution >= 0.6 is 0 Å². The zero-order valence-corrected chi connectivity index (χ0v) is 10.1. The monoisotopic (exact) mass is 207 g/mol. The Bertz CT molecular complexity index is 277. The fourth-order valence-corrected chi connectivity index (χ4v) is 1.35. The quantitative estimate of drug-likeness (QED) is 0.824. The predicted molar refractivity (Wildman–Crippen MR) is 63.8 cm³/mol. The van der Waals surface area contributed by atoms with Gasteiger partial charge in [0, 0.05) is 18.4 Å². The van der Waals surface area contributed by atoms with Crippen LogP contribution in [0.25, 0.3) is 0 Å². The van der Waals surface area contributed by atoms with Gasteiger partial charge in [-0.3, -0.25) is 4.98 Å². The Morgan fingerprint density at radius 3 is 2.60 bits per heavy atom. The molecule has 0 amide bonds. The van der Waals surface area contributed by atoms with Crippen molar-refractivity contribution in [2.24, 2.45) is 5.41 Å². The number of anilines is 1. The lowest BCUT2D eigenvalue weighted by atomic mass is 9.89. The predicted octanol–water partition coefficient (Wildman–Crippen LogP) is 3.10. The third kappa shape index (κ3) is 5.35. The van der Waals surface area contributed by atoms with Crippen LogP contribution in [0.3, 0.4) is 0 Å². The van der Waals surface area contributed by atoms with Crippen molar-refractivity contribution in [3.63, 3.8) is 0 Å². The topological polar surface area (TPSA) is 37.8 Å². The van der Waals surface area contributed by atoms with E-state index in [4.69, 9.17) is 0 Å². The normalized spacial score (nSPS) is 13.6. The molecule has 0 saturated carbocycles. The van der Waals surface area contributed by atoms with Crippen LogP contribution in [0.4, 0.5) is 5.82 Å². The fraction of sp³-hybridized carbons (Fsp3) is 0.667. The van der Waals surface area contributed by atoms with Crippen molar-refractivity contribution >= 4 is 5.82 Å². The molecule has 0 aliphatic heterocycles. The summed E-state index contributed by atoms with van der Waals surface area (Å²) in [7, 11) is 0. The molecule has 1 aromatic heterocycles. The molecule has 3 heteroatoms. The van der Waals surface area contributed by atoms with Gasteiger partial charge < -0.3 is 5.32 Å². The van der Waals surface area contributed by atoms with Gasteiger partial charge in [-0.1, -0.05) is 20.8 Å². The molecule has 3 nitrogen and oxygen atoms in total. The summed E-state index contributed by atoms with van der Waals surface area (Å²) in [5.74, 6) is 0.860. The van der Waals surface area contributed by atoms with Crippen LogP contribution in [0.15, 0.2) is 18.6 Å². The van der Waals surface area contributed by atoms with Gasteiger partial charge in [0.1, 0.15) is 5.82 Å². The molecule has 15 heavy (non-hydrogen) atoms. The number of nitrogens with zero attached hydrogens (tertiary/aromatic N) is 2. The molecule has 1 aromatic rings. The van der Waals surface area contributed by atoms with Crippen molar-refractivity contribution in [3.8, 4) is 0 Å². The lowest BCUT2D eigenvalue weighted by molar-refractivity contribution is 0.356. The smallest absolute Gasteiger partial charge is 0.144 e. The van der Waals surface area contributed by atoms with Crippen LogP contribution < -0.4 is 5.32 Å². The van der Waals surface area contributed by atoms with E-state index in [2.05, 4.69) is 43.0 Å². The molecule has 1 rings (SSSR count). The average Bonchev–Trinajstić information content (AvgIpc) is 2.15. The van der Waals surface area contributed by atoms with Gasteiger partial charge in [-0.05, 0) is 25.2 Å². The van der Waals surface area contributed by atoms with Crippen molar-refractivity contribution in [1.82, 2.24) is 9.97 Å². The Kier molecular flexibility index (Phi) is 4.06. The molecule has 0 aromatic carbocycles. The lowest BCUT2D eigenvalue weighted by Crippen LogP contribution is -2.19. The molecule has 1 atom stereocenters. The second-order valence-electron chi connectivity index (χ2n) is 5.24. The van der Waals surface area contributed by atoms with Gasteiger partial charge in [0.15, 0.2) is 0 Å². The molecule has 0 saturated heterocycles. The van der Waals surface area contributed by atoms with Gasteiger partial charge in [0.05, 0.1) is 6.20 Å². The summed E-state index contributed by atoms with van der Waals surface area (Å²) >= 11 is 0. The first kappa shape index (κ1) is 12.0. The Morgan fingerprint density at radius 1 is 1.33 bits per heavy atom. The Hall–Kier alpha value is -1.12. The van der Waals surface area contributed by atoms with Gasteiger partial charge in [-0.2, -0.15) is 0 Å². The number of rotatable bonds is 4. The number of nitrogens with one attached hydrogen (secondary N) is 1. The minimum atomic E-state index is 0.401. The molecule has 0 bridgehead atoms. The second-order valence-corrected chi connectivity index (χ2v) is 5.24. The largest absolute Gasteiger partial charge is 0.366 e. The Morgan fingerprint density at radius 2 is 2.07 bits per heavy atom. The molecule has 0 aliphatic rings. The van der Waals surface area contributed by atoms with Crippen LogP contribution in [0.2, 0.25) is 0 Å². The summed E-state index contributed by atoms with van der Waals surface area (Å²) in [6.07, 6.45) is 7.51. The standard InChI is InChI=1S/C12H21N3/c1-10(5-6-12(2,3)4)15-11-9-13-7-8-14-11/h7-10H,5-6H2,1-4H3,(H,14,15). The van der Waals surface area contributed by atoms with Gasteiger partial charge >= 0.3 is 0 Å². The zero-order chi connectivity index (χ0) is 11.3. The number of hydrogen-bond donors (Lipinski definition) is 1. The maximum atomic E-state index is 4.19. The SMILES string of the molecule is CC(CCC(C)(C)C)Nc1cnccn1. The summed E-state index contributed by atoms with van der Waals surface area (Å²) in [5, 5.41) is 3.34. The van der Waals surface area contributed by atoms with Crippen molar-refractivity contribution in [3.05, 3.63) is 18.6 Å². The summed E-state index contributed by atoms with van der Waals surface area (Å²) in [6.45, 7) is 8.98. The number of aromatic nitrogens is 2. The zero-order valence-electron chi connectivity index (χ0n) is 10.1.